The fourth-order valence-electron chi connectivity index (χ4n) is 2.89. The Hall–Kier alpha value is -3.13. The standard InChI is InChI=1S/C18H16N4O3S/c1-24-12-4-2-11(3-5-12)9-22-15(10-25-18(19)23)21-14-8-20-13-6-7-26-17(13)16(14)22/h2-8H,9-10H2,1H3,(H2,19,23). The van der Waals surface area contributed by atoms with Crippen LogP contribution in [0.2, 0.25) is 0 Å². The second kappa shape index (κ2) is 6.64. The molecular formula is C18H16N4O3S. The van der Waals surface area contributed by atoms with E-state index in [0.29, 0.717) is 12.4 Å². The molecule has 0 spiro atoms. The summed E-state index contributed by atoms with van der Waals surface area (Å²) in [4.78, 5) is 20.1. The van der Waals surface area contributed by atoms with Gasteiger partial charge in [-0.3, -0.25) is 4.98 Å². The van der Waals surface area contributed by atoms with Crippen LogP contribution in [0, 0.1) is 0 Å². The Balaban J connectivity index is 1.83. The molecule has 0 bridgehead atoms. The van der Waals surface area contributed by atoms with Crippen molar-refractivity contribution < 1.29 is 14.3 Å². The third-order valence-electron chi connectivity index (χ3n) is 4.10. The minimum Gasteiger partial charge on any atom is -0.497 e. The maximum Gasteiger partial charge on any atom is 0.404 e. The fourth-order valence-corrected chi connectivity index (χ4v) is 3.79. The van der Waals surface area contributed by atoms with E-state index < -0.39 is 6.09 Å². The molecule has 1 amide bonds. The number of amides is 1. The number of hydrogen-bond acceptors (Lipinski definition) is 6. The van der Waals surface area contributed by atoms with Crippen molar-refractivity contribution in [2.45, 2.75) is 13.2 Å². The number of hydrogen-bond donors (Lipinski definition) is 1. The lowest BCUT2D eigenvalue weighted by molar-refractivity contribution is 0.146. The van der Waals surface area contributed by atoms with Gasteiger partial charge >= 0.3 is 6.09 Å². The summed E-state index contributed by atoms with van der Waals surface area (Å²) >= 11 is 1.61. The van der Waals surface area contributed by atoms with Gasteiger partial charge in [0, 0.05) is 6.54 Å². The number of pyridine rings is 1. The molecule has 0 fully saturated rings. The van der Waals surface area contributed by atoms with Crippen LogP contribution in [0.4, 0.5) is 4.79 Å². The van der Waals surface area contributed by atoms with Gasteiger partial charge in [0.15, 0.2) is 6.61 Å². The molecule has 0 aliphatic rings. The number of benzene rings is 1. The second-order valence-electron chi connectivity index (χ2n) is 5.70. The topological polar surface area (TPSA) is 92.3 Å². The average molecular weight is 368 g/mol. The Bertz CT molecular complexity index is 1090. The number of thiophene rings is 1. The van der Waals surface area contributed by atoms with E-state index >= 15 is 0 Å². The molecular weight excluding hydrogens is 352 g/mol. The molecule has 8 heteroatoms. The summed E-state index contributed by atoms with van der Waals surface area (Å²) in [5, 5.41) is 2.00. The zero-order chi connectivity index (χ0) is 18.1. The summed E-state index contributed by atoms with van der Waals surface area (Å²) in [6.45, 7) is 0.585. The Morgan fingerprint density at radius 2 is 2.04 bits per heavy atom. The zero-order valence-corrected chi connectivity index (χ0v) is 14.8. The predicted octanol–water partition coefficient (Wildman–Crippen LogP) is 3.30. The van der Waals surface area contributed by atoms with Crippen LogP contribution in [-0.4, -0.2) is 27.7 Å². The van der Waals surface area contributed by atoms with Crippen molar-refractivity contribution in [1.29, 1.82) is 0 Å². The lowest BCUT2D eigenvalue weighted by Gasteiger charge is -2.10. The number of ether oxygens (including phenoxy) is 2. The zero-order valence-electron chi connectivity index (χ0n) is 14.0. The summed E-state index contributed by atoms with van der Waals surface area (Å²) in [5.41, 5.74) is 8.85. The average Bonchev–Trinajstić information content (AvgIpc) is 3.25. The number of carbonyl (C=O) groups excluding carboxylic acids is 1. The van der Waals surface area contributed by atoms with Crippen molar-refractivity contribution in [3.05, 3.63) is 53.3 Å². The van der Waals surface area contributed by atoms with E-state index in [-0.39, 0.29) is 6.61 Å². The highest BCUT2D eigenvalue weighted by Gasteiger charge is 2.16. The van der Waals surface area contributed by atoms with Crippen molar-refractivity contribution in [2.75, 3.05) is 7.11 Å². The first-order valence-corrected chi connectivity index (χ1v) is 8.80. The van der Waals surface area contributed by atoms with E-state index in [1.807, 2.05) is 40.3 Å². The van der Waals surface area contributed by atoms with Crippen molar-refractivity contribution in [2.24, 2.45) is 5.73 Å². The van der Waals surface area contributed by atoms with Gasteiger partial charge in [0.25, 0.3) is 0 Å². The van der Waals surface area contributed by atoms with Gasteiger partial charge in [0.05, 0.1) is 29.0 Å². The molecule has 0 saturated carbocycles. The molecule has 2 N–H and O–H groups in total. The molecule has 0 saturated heterocycles. The molecule has 4 aromatic rings. The summed E-state index contributed by atoms with van der Waals surface area (Å²) in [7, 11) is 1.64. The minimum absolute atomic E-state index is 0.00698. The number of nitrogens with zero attached hydrogens (tertiary/aromatic N) is 3. The third-order valence-corrected chi connectivity index (χ3v) is 5.01. The number of aromatic nitrogens is 3. The molecule has 132 valence electrons. The van der Waals surface area contributed by atoms with Crippen LogP contribution < -0.4 is 10.5 Å². The lowest BCUT2D eigenvalue weighted by atomic mass is 10.2. The minimum atomic E-state index is -0.826. The lowest BCUT2D eigenvalue weighted by Crippen LogP contribution is -2.15. The Kier molecular flexibility index (Phi) is 4.18. The monoisotopic (exact) mass is 368 g/mol. The highest BCUT2D eigenvalue weighted by molar-refractivity contribution is 7.18. The summed E-state index contributed by atoms with van der Waals surface area (Å²) < 4.78 is 13.3. The molecule has 0 radical (unpaired) electrons. The van der Waals surface area contributed by atoms with Gasteiger partial charge in [-0.05, 0) is 29.1 Å². The molecule has 7 nitrogen and oxygen atoms in total. The van der Waals surface area contributed by atoms with Crippen LogP contribution in [-0.2, 0) is 17.9 Å². The Morgan fingerprint density at radius 1 is 1.23 bits per heavy atom. The van der Waals surface area contributed by atoms with Crippen LogP contribution >= 0.6 is 11.3 Å². The number of rotatable bonds is 5. The SMILES string of the molecule is COc1ccc(Cn2c(COC(N)=O)nc3cnc4ccsc4c32)cc1. The summed E-state index contributed by atoms with van der Waals surface area (Å²) in [5.74, 6) is 1.42. The normalized spacial score (nSPS) is 11.1. The second-order valence-corrected chi connectivity index (χ2v) is 6.61. The Morgan fingerprint density at radius 3 is 2.77 bits per heavy atom. The number of methoxy groups -OCH3 is 1. The largest absolute Gasteiger partial charge is 0.497 e. The Labute approximate surface area is 153 Å². The van der Waals surface area contributed by atoms with Gasteiger partial charge in [0.1, 0.15) is 17.1 Å². The van der Waals surface area contributed by atoms with Crippen molar-refractivity contribution >= 4 is 38.7 Å². The van der Waals surface area contributed by atoms with Crippen molar-refractivity contribution in [1.82, 2.24) is 14.5 Å². The van der Waals surface area contributed by atoms with Gasteiger partial charge in [-0.15, -0.1) is 11.3 Å². The first-order chi connectivity index (χ1) is 12.7. The highest BCUT2D eigenvalue weighted by Crippen LogP contribution is 2.30. The fraction of sp³-hybridized carbons (Fsp3) is 0.167. The van der Waals surface area contributed by atoms with Crippen LogP contribution in [0.15, 0.2) is 41.9 Å². The summed E-state index contributed by atoms with van der Waals surface area (Å²) in [6, 6.07) is 9.79. The number of nitrogens with two attached hydrogens (primary N) is 1. The van der Waals surface area contributed by atoms with Crippen LogP contribution in [0.1, 0.15) is 11.4 Å². The van der Waals surface area contributed by atoms with Crippen LogP contribution in [0.3, 0.4) is 0 Å². The van der Waals surface area contributed by atoms with E-state index in [0.717, 1.165) is 32.6 Å². The van der Waals surface area contributed by atoms with Gasteiger partial charge in [0.2, 0.25) is 0 Å². The summed E-state index contributed by atoms with van der Waals surface area (Å²) in [6.07, 6.45) is 0.912. The number of primary amides is 1. The predicted molar refractivity (Wildman–Crippen MR) is 99.4 cm³/mol. The molecule has 3 heterocycles. The van der Waals surface area contributed by atoms with Gasteiger partial charge < -0.3 is 19.8 Å². The number of imidazole rings is 1. The third kappa shape index (κ3) is 2.95. The number of carbonyl (C=O) groups is 1. The maximum absolute atomic E-state index is 11.0. The highest BCUT2D eigenvalue weighted by atomic mass is 32.1. The van der Waals surface area contributed by atoms with E-state index in [1.54, 1.807) is 24.6 Å². The van der Waals surface area contributed by atoms with Crippen LogP contribution in [0.5, 0.6) is 5.75 Å². The van der Waals surface area contributed by atoms with Gasteiger partial charge in [-0.1, -0.05) is 12.1 Å². The molecule has 1 aromatic carbocycles. The first kappa shape index (κ1) is 16.3. The van der Waals surface area contributed by atoms with Gasteiger partial charge in [-0.2, -0.15) is 0 Å². The first-order valence-electron chi connectivity index (χ1n) is 7.92. The maximum atomic E-state index is 11.0. The van der Waals surface area contributed by atoms with E-state index in [2.05, 4.69) is 9.97 Å². The quantitative estimate of drug-likeness (QED) is 0.583. The number of fused-ring (bicyclic) bond motifs is 3. The van der Waals surface area contributed by atoms with E-state index in [1.165, 1.54) is 0 Å². The van der Waals surface area contributed by atoms with E-state index in [4.69, 9.17) is 15.2 Å². The smallest absolute Gasteiger partial charge is 0.404 e. The van der Waals surface area contributed by atoms with Crippen LogP contribution in [0.25, 0.3) is 21.3 Å². The van der Waals surface area contributed by atoms with Crippen molar-refractivity contribution in [3.63, 3.8) is 0 Å². The molecule has 0 aliphatic carbocycles. The molecule has 0 atom stereocenters. The molecule has 0 aliphatic heterocycles. The molecule has 0 unspecified atom stereocenters. The molecule has 26 heavy (non-hydrogen) atoms. The molecule has 4 rings (SSSR count). The van der Waals surface area contributed by atoms with Crippen molar-refractivity contribution in [3.8, 4) is 5.75 Å². The van der Waals surface area contributed by atoms with Gasteiger partial charge in [-0.25, -0.2) is 9.78 Å². The molecule has 3 aromatic heterocycles. The van der Waals surface area contributed by atoms with E-state index in [9.17, 15) is 4.79 Å².